The molecule has 0 aliphatic rings. The maximum absolute atomic E-state index is 11.8. The quantitative estimate of drug-likeness (QED) is 0.526. The molecular formula is C17H28N6OS. The van der Waals surface area contributed by atoms with E-state index in [0.717, 1.165) is 23.4 Å². The van der Waals surface area contributed by atoms with Crippen LogP contribution in [0.3, 0.4) is 0 Å². The van der Waals surface area contributed by atoms with Gasteiger partial charge in [0, 0.05) is 19.5 Å². The van der Waals surface area contributed by atoms with Gasteiger partial charge in [-0.05, 0) is 18.1 Å². The Kier molecular flexibility index (Phi) is 7.04. The predicted octanol–water partition coefficient (Wildman–Crippen LogP) is 2.78. The summed E-state index contributed by atoms with van der Waals surface area (Å²) >= 11 is 1.51. The number of anilines is 1. The maximum atomic E-state index is 11.8. The fourth-order valence-corrected chi connectivity index (χ4v) is 2.73. The third-order valence-electron chi connectivity index (χ3n) is 3.58. The highest BCUT2D eigenvalue weighted by atomic mass is 32.2. The number of amides is 1. The summed E-state index contributed by atoms with van der Waals surface area (Å²) in [6.07, 6.45) is 4.29. The van der Waals surface area contributed by atoms with Crippen molar-refractivity contribution in [3.05, 3.63) is 6.20 Å². The largest absolute Gasteiger partial charge is 0.369 e. The smallest absolute Gasteiger partial charge is 0.220 e. The predicted molar refractivity (Wildman–Crippen MR) is 103 cm³/mol. The van der Waals surface area contributed by atoms with Gasteiger partial charge in [-0.15, -0.1) is 0 Å². The molecule has 0 fully saturated rings. The van der Waals surface area contributed by atoms with Crippen molar-refractivity contribution < 1.29 is 4.79 Å². The first kappa shape index (κ1) is 19.5. The van der Waals surface area contributed by atoms with Crippen molar-refractivity contribution in [2.24, 2.45) is 11.8 Å². The molecule has 0 saturated heterocycles. The van der Waals surface area contributed by atoms with Crippen molar-refractivity contribution in [2.45, 2.75) is 45.8 Å². The molecule has 2 heterocycles. The first-order chi connectivity index (χ1) is 11.9. The van der Waals surface area contributed by atoms with Crippen molar-refractivity contribution in [2.75, 3.05) is 24.7 Å². The molecule has 2 aromatic rings. The molecule has 2 rings (SSSR count). The lowest BCUT2D eigenvalue weighted by molar-refractivity contribution is -0.121. The van der Waals surface area contributed by atoms with E-state index in [1.54, 1.807) is 6.20 Å². The molecule has 7 nitrogen and oxygen atoms in total. The average Bonchev–Trinajstić information content (AvgIpc) is 2.95. The van der Waals surface area contributed by atoms with Crippen LogP contribution in [0.5, 0.6) is 0 Å². The molecule has 0 aliphatic carbocycles. The van der Waals surface area contributed by atoms with Crippen LogP contribution < -0.4 is 10.6 Å². The zero-order chi connectivity index (χ0) is 18.4. The van der Waals surface area contributed by atoms with Crippen LogP contribution in [0, 0.1) is 11.8 Å². The number of rotatable bonds is 9. The van der Waals surface area contributed by atoms with Crippen molar-refractivity contribution in [1.82, 2.24) is 25.1 Å². The number of nitrogens with one attached hydrogen (secondary N) is 2. The maximum Gasteiger partial charge on any atom is 0.220 e. The zero-order valence-electron chi connectivity index (χ0n) is 15.7. The van der Waals surface area contributed by atoms with Crippen LogP contribution in [0.1, 0.15) is 34.1 Å². The van der Waals surface area contributed by atoms with Crippen molar-refractivity contribution >= 4 is 34.5 Å². The van der Waals surface area contributed by atoms with Gasteiger partial charge in [0.25, 0.3) is 0 Å². The topological polar surface area (TPSA) is 84.7 Å². The Morgan fingerprint density at radius 1 is 1.24 bits per heavy atom. The Balaban J connectivity index is 2.13. The summed E-state index contributed by atoms with van der Waals surface area (Å²) in [6, 6.07) is 0. The summed E-state index contributed by atoms with van der Waals surface area (Å²) in [6.45, 7) is 10.3. The Morgan fingerprint density at radius 3 is 2.64 bits per heavy atom. The number of carbonyl (C=O) groups excluding carboxylic acids is 1. The van der Waals surface area contributed by atoms with Crippen LogP contribution in [0.25, 0.3) is 11.0 Å². The molecule has 0 atom stereocenters. The van der Waals surface area contributed by atoms with Gasteiger partial charge < -0.3 is 10.6 Å². The van der Waals surface area contributed by atoms with Crippen molar-refractivity contribution in [1.29, 1.82) is 0 Å². The van der Waals surface area contributed by atoms with Gasteiger partial charge >= 0.3 is 0 Å². The van der Waals surface area contributed by atoms with Crippen LogP contribution in [-0.2, 0) is 11.3 Å². The molecule has 0 spiro atoms. The Morgan fingerprint density at radius 2 is 2.00 bits per heavy atom. The lowest BCUT2D eigenvalue weighted by Gasteiger charge is -2.11. The van der Waals surface area contributed by atoms with Crippen LogP contribution in [0.4, 0.5) is 5.82 Å². The molecule has 0 aliphatic heterocycles. The minimum Gasteiger partial charge on any atom is -0.369 e. The van der Waals surface area contributed by atoms with E-state index in [1.165, 1.54) is 11.8 Å². The summed E-state index contributed by atoms with van der Waals surface area (Å²) in [7, 11) is 0. The van der Waals surface area contributed by atoms with Gasteiger partial charge in [0.2, 0.25) is 5.91 Å². The second-order valence-electron chi connectivity index (χ2n) is 6.89. The third kappa shape index (κ3) is 5.59. The number of fused-ring (bicyclic) bond motifs is 1. The minimum absolute atomic E-state index is 0.0742. The van der Waals surface area contributed by atoms with Gasteiger partial charge in [-0.1, -0.05) is 39.5 Å². The van der Waals surface area contributed by atoms with Gasteiger partial charge in [-0.3, -0.25) is 4.79 Å². The molecule has 2 N–H and O–H groups in total. The molecule has 138 valence electrons. The number of carbonyl (C=O) groups is 1. The normalized spacial score (nSPS) is 11.5. The monoisotopic (exact) mass is 364 g/mol. The van der Waals surface area contributed by atoms with Crippen LogP contribution >= 0.6 is 11.8 Å². The van der Waals surface area contributed by atoms with Crippen LogP contribution in [0.15, 0.2) is 11.4 Å². The third-order valence-corrected chi connectivity index (χ3v) is 4.12. The van der Waals surface area contributed by atoms with E-state index in [9.17, 15) is 4.79 Å². The average molecular weight is 365 g/mol. The minimum atomic E-state index is 0.0742. The van der Waals surface area contributed by atoms with Crippen molar-refractivity contribution in [3.63, 3.8) is 0 Å². The van der Waals surface area contributed by atoms with Crippen LogP contribution in [-0.4, -0.2) is 45.0 Å². The molecule has 1 amide bonds. The summed E-state index contributed by atoms with van der Waals surface area (Å²) in [4.78, 5) is 20.9. The van der Waals surface area contributed by atoms with Gasteiger partial charge in [0.15, 0.2) is 10.8 Å². The summed E-state index contributed by atoms with van der Waals surface area (Å²) in [5.41, 5.74) is 0.795. The highest BCUT2D eigenvalue weighted by Gasteiger charge is 2.13. The van der Waals surface area contributed by atoms with Crippen LogP contribution in [0.2, 0.25) is 0 Å². The second kappa shape index (κ2) is 9.03. The lowest BCUT2D eigenvalue weighted by atomic mass is 10.1. The van der Waals surface area contributed by atoms with E-state index in [0.29, 0.717) is 36.5 Å². The molecular weight excluding hydrogens is 336 g/mol. The van der Waals surface area contributed by atoms with E-state index in [4.69, 9.17) is 0 Å². The standard InChI is InChI=1S/C17H28N6OS/c1-11(2)8-14(24)18-6-7-23-16-13(10-20-23)15(19-9-12(3)4)21-17(22-16)25-5/h10-12H,6-9H2,1-5H3,(H,18,24)(H,19,21,22). The van der Waals surface area contributed by atoms with E-state index in [-0.39, 0.29) is 5.91 Å². The molecule has 0 saturated carbocycles. The van der Waals surface area contributed by atoms with Gasteiger partial charge in [0.1, 0.15) is 5.82 Å². The van der Waals surface area contributed by atoms with E-state index < -0.39 is 0 Å². The van der Waals surface area contributed by atoms with Gasteiger partial charge in [-0.2, -0.15) is 5.10 Å². The summed E-state index contributed by atoms with van der Waals surface area (Å²) < 4.78 is 1.83. The fourth-order valence-electron chi connectivity index (χ4n) is 2.37. The second-order valence-corrected chi connectivity index (χ2v) is 7.66. The van der Waals surface area contributed by atoms with E-state index in [1.807, 2.05) is 24.8 Å². The fraction of sp³-hybridized carbons (Fsp3) is 0.647. The van der Waals surface area contributed by atoms with E-state index >= 15 is 0 Å². The number of thioether (sulfide) groups is 1. The number of nitrogens with zero attached hydrogens (tertiary/aromatic N) is 4. The van der Waals surface area contributed by atoms with Crippen molar-refractivity contribution in [3.8, 4) is 0 Å². The number of aromatic nitrogens is 4. The Hall–Kier alpha value is -1.83. The number of hydrogen-bond donors (Lipinski definition) is 2. The summed E-state index contributed by atoms with van der Waals surface area (Å²) in [5, 5.41) is 12.4. The molecule has 2 aromatic heterocycles. The SMILES string of the molecule is CSc1nc(NCC(C)C)c2cnn(CCNC(=O)CC(C)C)c2n1. The molecule has 25 heavy (non-hydrogen) atoms. The van der Waals surface area contributed by atoms with E-state index in [2.05, 4.69) is 39.5 Å². The van der Waals surface area contributed by atoms with Gasteiger partial charge in [-0.25, -0.2) is 14.6 Å². The first-order valence-corrected chi connectivity index (χ1v) is 9.91. The molecule has 0 unspecified atom stereocenters. The molecule has 0 aromatic carbocycles. The first-order valence-electron chi connectivity index (χ1n) is 8.68. The molecule has 0 bridgehead atoms. The lowest BCUT2D eigenvalue weighted by Crippen LogP contribution is -2.28. The summed E-state index contributed by atoms with van der Waals surface area (Å²) in [5.74, 6) is 1.77. The van der Waals surface area contributed by atoms with Gasteiger partial charge in [0.05, 0.1) is 18.1 Å². The number of hydrogen-bond acceptors (Lipinski definition) is 6. The Labute approximate surface area is 153 Å². The zero-order valence-corrected chi connectivity index (χ0v) is 16.5. The highest BCUT2D eigenvalue weighted by Crippen LogP contribution is 2.23. The highest BCUT2D eigenvalue weighted by molar-refractivity contribution is 7.98. The molecule has 8 heteroatoms. The molecule has 0 radical (unpaired) electrons. The Bertz CT molecular complexity index is 712.